The molecule has 0 fully saturated rings. The van der Waals surface area contributed by atoms with Crippen LogP contribution in [0, 0.1) is 5.92 Å². The summed E-state index contributed by atoms with van der Waals surface area (Å²) < 4.78 is 1.95. The highest BCUT2D eigenvalue weighted by molar-refractivity contribution is 7.80. The Morgan fingerprint density at radius 1 is 1.50 bits per heavy atom. The van der Waals surface area contributed by atoms with Crippen molar-refractivity contribution in [2.75, 3.05) is 13.1 Å². The molecule has 0 spiro atoms. The minimum absolute atomic E-state index is 0.218. The fourth-order valence-corrected chi connectivity index (χ4v) is 1.88. The van der Waals surface area contributed by atoms with Crippen LogP contribution in [0.15, 0.2) is 6.33 Å². The molecule has 0 aliphatic carbocycles. The fourth-order valence-electron chi connectivity index (χ4n) is 1.80. The van der Waals surface area contributed by atoms with Crippen molar-refractivity contribution >= 4 is 17.2 Å². The first-order chi connectivity index (χ1) is 8.45. The van der Waals surface area contributed by atoms with Crippen LogP contribution in [0.4, 0.5) is 0 Å². The molecule has 6 heteroatoms. The van der Waals surface area contributed by atoms with Crippen LogP contribution in [-0.4, -0.2) is 37.7 Å². The molecule has 0 radical (unpaired) electrons. The number of aromatic nitrogens is 3. The van der Waals surface area contributed by atoms with Crippen LogP contribution in [0.3, 0.4) is 0 Å². The second-order valence-corrected chi connectivity index (χ2v) is 5.32. The highest BCUT2D eigenvalue weighted by Gasteiger charge is 2.15. The van der Waals surface area contributed by atoms with Crippen molar-refractivity contribution in [1.82, 2.24) is 19.7 Å². The van der Waals surface area contributed by atoms with Gasteiger partial charge < -0.3 is 5.73 Å². The number of thiocarbonyl (C=S) groups is 1. The Hall–Kier alpha value is -1.01. The number of nitrogens with two attached hydrogens (primary N) is 1. The first kappa shape index (κ1) is 15.0. The zero-order valence-electron chi connectivity index (χ0n) is 11.6. The molecule has 1 aromatic rings. The van der Waals surface area contributed by atoms with Gasteiger partial charge in [-0.15, -0.1) is 0 Å². The van der Waals surface area contributed by atoms with E-state index in [1.54, 1.807) is 6.33 Å². The van der Waals surface area contributed by atoms with Crippen molar-refractivity contribution in [3.05, 3.63) is 12.2 Å². The first-order valence-corrected chi connectivity index (χ1v) is 6.76. The van der Waals surface area contributed by atoms with E-state index in [9.17, 15) is 0 Å². The lowest BCUT2D eigenvalue weighted by molar-refractivity contribution is 0.250. The Labute approximate surface area is 114 Å². The van der Waals surface area contributed by atoms with E-state index in [0.29, 0.717) is 11.0 Å². The van der Waals surface area contributed by atoms with Gasteiger partial charge in [-0.05, 0) is 20.4 Å². The van der Waals surface area contributed by atoms with E-state index in [-0.39, 0.29) is 5.92 Å². The van der Waals surface area contributed by atoms with Crippen LogP contribution in [0.2, 0.25) is 0 Å². The molecule has 0 aliphatic heterocycles. The zero-order chi connectivity index (χ0) is 13.7. The van der Waals surface area contributed by atoms with Crippen molar-refractivity contribution in [2.24, 2.45) is 11.7 Å². The Balaban J connectivity index is 2.68. The Kier molecular flexibility index (Phi) is 5.68. The molecule has 0 amide bonds. The van der Waals surface area contributed by atoms with Crippen LogP contribution >= 0.6 is 12.2 Å². The molecule has 1 unspecified atom stereocenters. The third-order valence-electron chi connectivity index (χ3n) is 2.97. The molecule has 0 saturated heterocycles. The summed E-state index contributed by atoms with van der Waals surface area (Å²) in [7, 11) is 0. The summed E-state index contributed by atoms with van der Waals surface area (Å²) in [5, 5.41) is 4.25. The summed E-state index contributed by atoms with van der Waals surface area (Å²) in [6.45, 7) is 11.0. The Morgan fingerprint density at radius 3 is 2.67 bits per heavy atom. The molecular formula is C12H23N5S. The van der Waals surface area contributed by atoms with Gasteiger partial charge in [0.2, 0.25) is 0 Å². The quantitative estimate of drug-likeness (QED) is 0.762. The maximum absolute atomic E-state index is 5.66. The van der Waals surface area contributed by atoms with Crippen LogP contribution in [0.25, 0.3) is 0 Å². The lowest BCUT2D eigenvalue weighted by Crippen LogP contribution is -2.34. The van der Waals surface area contributed by atoms with E-state index >= 15 is 0 Å². The monoisotopic (exact) mass is 269 g/mol. The lowest BCUT2D eigenvalue weighted by atomic mass is 10.1. The van der Waals surface area contributed by atoms with Crippen LogP contribution in [0.1, 0.15) is 39.6 Å². The highest BCUT2D eigenvalue weighted by Crippen LogP contribution is 2.09. The standard InChI is InChI=1S/C12H23N5S/c1-5-16(6-10(4)12(13)18)7-11-14-8-15-17(11)9(2)3/h8-10H,5-7H2,1-4H3,(H2,13,18). The van der Waals surface area contributed by atoms with E-state index in [1.165, 1.54) is 0 Å². The van der Waals surface area contributed by atoms with Crippen molar-refractivity contribution in [3.63, 3.8) is 0 Å². The van der Waals surface area contributed by atoms with E-state index < -0.39 is 0 Å². The Morgan fingerprint density at radius 2 is 2.17 bits per heavy atom. The van der Waals surface area contributed by atoms with Crippen molar-refractivity contribution < 1.29 is 0 Å². The van der Waals surface area contributed by atoms with Crippen LogP contribution in [0.5, 0.6) is 0 Å². The van der Waals surface area contributed by atoms with Gasteiger partial charge in [-0.2, -0.15) is 5.10 Å². The fraction of sp³-hybridized carbons (Fsp3) is 0.750. The highest BCUT2D eigenvalue weighted by atomic mass is 32.1. The van der Waals surface area contributed by atoms with Gasteiger partial charge in [0, 0.05) is 18.5 Å². The van der Waals surface area contributed by atoms with Crippen molar-refractivity contribution in [3.8, 4) is 0 Å². The van der Waals surface area contributed by atoms with E-state index in [2.05, 4.69) is 42.7 Å². The summed E-state index contributed by atoms with van der Waals surface area (Å²) in [6.07, 6.45) is 1.61. The number of nitrogens with zero attached hydrogens (tertiary/aromatic N) is 4. The van der Waals surface area contributed by atoms with E-state index in [4.69, 9.17) is 18.0 Å². The molecule has 1 aromatic heterocycles. The average Bonchev–Trinajstić information content (AvgIpc) is 2.75. The lowest BCUT2D eigenvalue weighted by Gasteiger charge is -2.23. The molecule has 0 saturated carbocycles. The van der Waals surface area contributed by atoms with Gasteiger partial charge in [0.25, 0.3) is 0 Å². The number of rotatable bonds is 7. The SMILES string of the molecule is CCN(Cc1ncnn1C(C)C)CC(C)C(N)=S. The minimum Gasteiger partial charge on any atom is -0.393 e. The van der Waals surface area contributed by atoms with Crippen LogP contribution < -0.4 is 5.73 Å². The molecule has 5 nitrogen and oxygen atoms in total. The second kappa shape index (κ2) is 6.80. The molecule has 0 bridgehead atoms. The van der Waals surface area contributed by atoms with Crippen molar-refractivity contribution in [1.29, 1.82) is 0 Å². The first-order valence-electron chi connectivity index (χ1n) is 6.35. The smallest absolute Gasteiger partial charge is 0.141 e. The number of hydrogen-bond acceptors (Lipinski definition) is 4. The summed E-state index contributed by atoms with van der Waals surface area (Å²) in [5.74, 6) is 1.21. The summed E-state index contributed by atoms with van der Waals surface area (Å²) in [5.41, 5.74) is 5.66. The predicted molar refractivity (Wildman–Crippen MR) is 77.3 cm³/mol. The Bertz CT molecular complexity index is 388. The third-order valence-corrected chi connectivity index (χ3v) is 3.37. The largest absolute Gasteiger partial charge is 0.393 e. The molecule has 102 valence electrons. The van der Waals surface area contributed by atoms with Gasteiger partial charge in [-0.1, -0.05) is 26.1 Å². The summed E-state index contributed by atoms with van der Waals surface area (Å²) in [4.78, 5) is 7.18. The summed E-state index contributed by atoms with van der Waals surface area (Å²) >= 11 is 5.02. The topological polar surface area (TPSA) is 60.0 Å². The second-order valence-electron chi connectivity index (χ2n) is 4.85. The van der Waals surface area contributed by atoms with Gasteiger partial charge in [0.1, 0.15) is 12.2 Å². The van der Waals surface area contributed by atoms with Gasteiger partial charge in [0.15, 0.2) is 0 Å². The molecule has 0 aromatic carbocycles. The summed E-state index contributed by atoms with van der Waals surface area (Å²) in [6, 6.07) is 0.328. The molecule has 1 rings (SSSR count). The van der Waals surface area contributed by atoms with E-state index in [1.807, 2.05) is 4.68 Å². The van der Waals surface area contributed by atoms with Gasteiger partial charge in [-0.3, -0.25) is 4.90 Å². The van der Waals surface area contributed by atoms with Crippen LogP contribution in [-0.2, 0) is 6.54 Å². The predicted octanol–water partition coefficient (Wildman–Crippen LogP) is 1.60. The molecule has 18 heavy (non-hydrogen) atoms. The molecular weight excluding hydrogens is 246 g/mol. The average molecular weight is 269 g/mol. The van der Waals surface area contributed by atoms with Gasteiger partial charge >= 0.3 is 0 Å². The van der Waals surface area contributed by atoms with E-state index in [0.717, 1.165) is 25.5 Å². The minimum atomic E-state index is 0.218. The zero-order valence-corrected chi connectivity index (χ0v) is 12.4. The normalized spacial score (nSPS) is 13.2. The molecule has 1 atom stereocenters. The maximum Gasteiger partial charge on any atom is 0.141 e. The molecule has 0 aliphatic rings. The van der Waals surface area contributed by atoms with Crippen molar-refractivity contribution in [2.45, 2.75) is 40.3 Å². The molecule has 1 heterocycles. The number of hydrogen-bond donors (Lipinski definition) is 1. The molecule has 2 N–H and O–H groups in total. The maximum atomic E-state index is 5.66. The van der Waals surface area contributed by atoms with Gasteiger partial charge in [-0.25, -0.2) is 9.67 Å². The van der Waals surface area contributed by atoms with Gasteiger partial charge in [0.05, 0.1) is 11.5 Å². The third kappa shape index (κ3) is 4.03.